The minimum atomic E-state index is -3.58. The number of halogens is 1. The summed E-state index contributed by atoms with van der Waals surface area (Å²) in [6.07, 6.45) is 0.619. The summed E-state index contributed by atoms with van der Waals surface area (Å²) in [6, 6.07) is 19.2. The van der Waals surface area contributed by atoms with Gasteiger partial charge >= 0.3 is 0 Å². The molecule has 1 amide bonds. The van der Waals surface area contributed by atoms with Gasteiger partial charge in [-0.1, -0.05) is 35.4 Å². The summed E-state index contributed by atoms with van der Waals surface area (Å²) in [7, 11) is -3.58. The van der Waals surface area contributed by atoms with Gasteiger partial charge in [-0.05, 0) is 73.0 Å². The van der Waals surface area contributed by atoms with Crippen molar-refractivity contribution in [2.45, 2.75) is 24.8 Å². The van der Waals surface area contributed by atoms with Gasteiger partial charge in [-0.15, -0.1) is 0 Å². The number of fused-ring (bicyclic) bond motifs is 1. The maximum Gasteiger partial charge on any atom is 0.262 e. The van der Waals surface area contributed by atoms with E-state index in [2.05, 4.69) is 5.32 Å². The van der Waals surface area contributed by atoms with Crippen LogP contribution in [0.1, 0.15) is 16.7 Å². The normalized spacial score (nSPS) is 13.9. The molecule has 3 aromatic carbocycles. The molecule has 4 rings (SSSR count). The SMILES string of the molecule is Cc1ccc(S(=O)(=O)N2CCc3ccc(NC(=O)COc4ccc(Cl)cc4)cc3C2)cc1. The molecule has 6 nitrogen and oxygen atoms in total. The Morgan fingerprint density at radius 2 is 1.75 bits per heavy atom. The molecular formula is C24H23ClN2O4S. The average molecular weight is 471 g/mol. The maximum absolute atomic E-state index is 13.0. The Labute approximate surface area is 192 Å². The zero-order chi connectivity index (χ0) is 22.7. The quantitative estimate of drug-likeness (QED) is 0.579. The second kappa shape index (κ2) is 9.32. The number of hydrogen-bond donors (Lipinski definition) is 1. The number of nitrogens with zero attached hydrogens (tertiary/aromatic N) is 1. The van der Waals surface area contributed by atoms with Gasteiger partial charge < -0.3 is 10.1 Å². The van der Waals surface area contributed by atoms with Gasteiger partial charge in [-0.2, -0.15) is 4.31 Å². The van der Waals surface area contributed by atoms with Gasteiger partial charge in [-0.3, -0.25) is 4.79 Å². The first-order chi connectivity index (χ1) is 15.3. The van der Waals surface area contributed by atoms with Crippen molar-refractivity contribution in [3.05, 3.63) is 88.4 Å². The van der Waals surface area contributed by atoms with Crippen LogP contribution in [0.4, 0.5) is 5.69 Å². The molecule has 0 aromatic heterocycles. The van der Waals surface area contributed by atoms with Crippen LogP contribution in [-0.4, -0.2) is 31.8 Å². The second-order valence-electron chi connectivity index (χ2n) is 7.68. The number of amides is 1. The van der Waals surface area contributed by atoms with Gasteiger partial charge in [-0.25, -0.2) is 8.42 Å². The fraction of sp³-hybridized carbons (Fsp3) is 0.208. The van der Waals surface area contributed by atoms with Crippen LogP contribution in [-0.2, 0) is 27.8 Å². The average Bonchev–Trinajstić information content (AvgIpc) is 2.78. The summed E-state index contributed by atoms with van der Waals surface area (Å²) in [5.74, 6) is 0.242. The first kappa shape index (κ1) is 22.3. The van der Waals surface area contributed by atoms with Crippen LogP contribution >= 0.6 is 11.6 Å². The minimum Gasteiger partial charge on any atom is -0.484 e. The van der Waals surface area contributed by atoms with E-state index in [-0.39, 0.29) is 24.0 Å². The van der Waals surface area contributed by atoms with E-state index in [1.807, 2.05) is 25.1 Å². The number of aryl methyl sites for hydroxylation is 1. The summed E-state index contributed by atoms with van der Waals surface area (Å²) in [5, 5.41) is 3.40. The van der Waals surface area contributed by atoms with Crippen LogP contribution in [0.25, 0.3) is 0 Å². The highest BCUT2D eigenvalue weighted by molar-refractivity contribution is 7.89. The molecule has 0 aliphatic carbocycles. The monoisotopic (exact) mass is 470 g/mol. The lowest BCUT2D eigenvalue weighted by atomic mass is 10.0. The lowest BCUT2D eigenvalue weighted by molar-refractivity contribution is -0.118. The molecule has 0 bridgehead atoms. The van der Waals surface area contributed by atoms with Crippen LogP contribution in [0.5, 0.6) is 5.75 Å². The lowest BCUT2D eigenvalue weighted by Gasteiger charge is -2.28. The number of hydrogen-bond acceptors (Lipinski definition) is 4. The van der Waals surface area contributed by atoms with Gasteiger partial charge in [0.15, 0.2) is 6.61 Å². The van der Waals surface area contributed by atoms with Crippen LogP contribution in [0, 0.1) is 6.92 Å². The molecular weight excluding hydrogens is 448 g/mol. The Bertz CT molecular complexity index is 1230. The van der Waals surface area contributed by atoms with Crippen LogP contribution < -0.4 is 10.1 Å². The van der Waals surface area contributed by atoms with Crippen molar-refractivity contribution in [3.63, 3.8) is 0 Å². The number of carbonyl (C=O) groups excluding carboxylic acids is 1. The van der Waals surface area contributed by atoms with Crippen LogP contribution in [0.3, 0.4) is 0 Å². The van der Waals surface area contributed by atoms with E-state index in [9.17, 15) is 13.2 Å². The van der Waals surface area contributed by atoms with Gasteiger partial charge in [0.25, 0.3) is 5.91 Å². The number of anilines is 1. The number of rotatable bonds is 6. The first-order valence-electron chi connectivity index (χ1n) is 10.2. The van der Waals surface area contributed by atoms with Crippen molar-refractivity contribution >= 4 is 33.2 Å². The Hall–Kier alpha value is -2.87. The fourth-order valence-corrected chi connectivity index (χ4v) is 5.10. The maximum atomic E-state index is 13.0. The third kappa shape index (κ3) is 5.12. The number of sulfonamides is 1. The van der Waals surface area contributed by atoms with Gasteiger partial charge in [0.1, 0.15) is 5.75 Å². The second-order valence-corrected chi connectivity index (χ2v) is 10.1. The van der Waals surface area contributed by atoms with Crippen molar-refractivity contribution < 1.29 is 17.9 Å². The first-order valence-corrected chi connectivity index (χ1v) is 12.0. The van der Waals surface area contributed by atoms with E-state index in [0.717, 1.165) is 16.7 Å². The van der Waals surface area contributed by atoms with E-state index in [1.165, 1.54) is 4.31 Å². The van der Waals surface area contributed by atoms with Crippen molar-refractivity contribution in [2.24, 2.45) is 0 Å². The van der Waals surface area contributed by atoms with Gasteiger partial charge in [0, 0.05) is 23.8 Å². The molecule has 8 heteroatoms. The van der Waals surface area contributed by atoms with Crippen molar-refractivity contribution in [1.29, 1.82) is 0 Å². The largest absolute Gasteiger partial charge is 0.484 e. The summed E-state index contributed by atoms with van der Waals surface area (Å²) in [5.41, 5.74) is 3.57. The molecule has 166 valence electrons. The molecule has 0 fully saturated rings. The summed E-state index contributed by atoms with van der Waals surface area (Å²) in [4.78, 5) is 12.6. The number of nitrogens with one attached hydrogen (secondary N) is 1. The Morgan fingerprint density at radius 3 is 2.47 bits per heavy atom. The van der Waals surface area contributed by atoms with E-state index in [4.69, 9.17) is 16.3 Å². The predicted molar refractivity (Wildman–Crippen MR) is 124 cm³/mol. The Kier molecular flexibility index (Phi) is 6.50. The molecule has 1 aliphatic rings. The van der Waals surface area contributed by atoms with Crippen LogP contribution in [0.2, 0.25) is 5.02 Å². The van der Waals surface area contributed by atoms with E-state index >= 15 is 0 Å². The van der Waals surface area contributed by atoms with Crippen molar-refractivity contribution in [3.8, 4) is 5.75 Å². The van der Waals surface area contributed by atoms with E-state index < -0.39 is 10.0 Å². The molecule has 32 heavy (non-hydrogen) atoms. The summed E-state index contributed by atoms with van der Waals surface area (Å²) < 4.78 is 33.0. The molecule has 0 saturated heterocycles. The smallest absolute Gasteiger partial charge is 0.262 e. The zero-order valence-electron chi connectivity index (χ0n) is 17.5. The highest BCUT2D eigenvalue weighted by Gasteiger charge is 2.28. The molecule has 1 heterocycles. The third-order valence-corrected chi connectivity index (χ3v) is 7.42. The van der Waals surface area contributed by atoms with Gasteiger partial charge in [0.2, 0.25) is 10.0 Å². The van der Waals surface area contributed by atoms with E-state index in [0.29, 0.717) is 29.4 Å². The standard InChI is InChI=1S/C24H23ClN2O4S/c1-17-2-10-23(11-3-17)32(29,30)27-13-12-18-4-7-21(14-19(18)15-27)26-24(28)16-31-22-8-5-20(25)6-9-22/h2-11,14H,12-13,15-16H2,1H3,(H,26,28). The number of carbonyl (C=O) groups is 1. The molecule has 0 spiro atoms. The minimum absolute atomic E-state index is 0.146. The molecule has 3 aromatic rings. The Morgan fingerprint density at radius 1 is 1.03 bits per heavy atom. The van der Waals surface area contributed by atoms with Gasteiger partial charge in [0.05, 0.1) is 4.90 Å². The number of benzene rings is 3. The molecule has 0 atom stereocenters. The van der Waals surface area contributed by atoms with Crippen molar-refractivity contribution in [1.82, 2.24) is 4.31 Å². The molecule has 0 saturated carbocycles. The number of ether oxygens (including phenoxy) is 1. The predicted octanol–water partition coefficient (Wildman–Crippen LogP) is 4.41. The molecule has 0 radical (unpaired) electrons. The topological polar surface area (TPSA) is 75.7 Å². The zero-order valence-corrected chi connectivity index (χ0v) is 19.1. The van der Waals surface area contributed by atoms with Crippen molar-refractivity contribution in [2.75, 3.05) is 18.5 Å². The summed E-state index contributed by atoms with van der Waals surface area (Å²) in [6.45, 7) is 2.46. The Balaban J connectivity index is 1.42. The highest BCUT2D eigenvalue weighted by atomic mass is 35.5. The highest BCUT2D eigenvalue weighted by Crippen LogP contribution is 2.27. The van der Waals surface area contributed by atoms with Crippen LogP contribution in [0.15, 0.2) is 71.6 Å². The lowest BCUT2D eigenvalue weighted by Crippen LogP contribution is -2.36. The molecule has 1 aliphatic heterocycles. The fourth-order valence-electron chi connectivity index (χ4n) is 3.55. The van der Waals surface area contributed by atoms with E-state index in [1.54, 1.807) is 48.5 Å². The molecule has 0 unspecified atom stereocenters. The molecule has 1 N–H and O–H groups in total. The third-order valence-electron chi connectivity index (χ3n) is 5.31. The summed E-state index contributed by atoms with van der Waals surface area (Å²) >= 11 is 5.84.